The first kappa shape index (κ1) is 22.0. The second-order valence-electron chi connectivity index (χ2n) is 7.92. The highest BCUT2D eigenvalue weighted by atomic mass is 19.1. The van der Waals surface area contributed by atoms with E-state index in [4.69, 9.17) is 0 Å². The Labute approximate surface area is 186 Å². The molecular weight excluding hydrogens is 412 g/mol. The zero-order chi connectivity index (χ0) is 22.7. The molecule has 1 unspecified atom stereocenters. The van der Waals surface area contributed by atoms with E-state index in [1.807, 2.05) is 6.92 Å². The van der Waals surface area contributed by atoms with Crippen molar-refractivity contribution in [2.75, 3.05) is 37.6 Å². The lowest BCUT2D eigenvalue weighted by Gasteiger charge is -2.37. The van der Waals surface area contributed by atoms with Crippen LogP contribution in [0.4, 0.5) is 14.5 Å². The van der Waals surface area contributed by atoms with Crippen molar-refractivity contribution >= 4 is 11.6 Å². The number of rotatable bonds is 6. The monoisotopic (exact) mass is 439 g/mol. The zero-order valence-electron chi connectivity index (χ0n) is 18.3. The molecule has 2 heterocycles. The van der Waals surface area contributed by atoms with Gasteiger partial charge in [-0.3, -0.25) is 4.79 Å². The summed E-state index contributed by atoms with van der Waals surface area (Å²) in [5, 5.41) is 7.12. The summed E-state index contributed by atoms with van der Waals surface area (Å²) in [6, 6.07) is 12.0. The number of hydrogen-bond acceptors (Lipinski definition) is 4. The van der Waals surface area contributed by atoms with Gasteiger partial charge in [0.15, 0.2) is 5.69 Å². The minimum absolute atomic E-state index is 0.162. The van der Waals surface area contributed by atoms with Gasteiger partial charge in [-0.2, -0.15) is 5.10 Å². The highest BCUT2D eigenvalue weighted by Gasteiger charge is 2.23. The molecule has 0 radical (unpaired) electrons. The average Bonchev–Trinajstić information content (AvgIpc) is 3.29. The molecule has 4 rings (SSSR count). The van der Waals surface area contributed by atoms with Crippen LogP contribution in [0.1, 0.15) is 35.9 Å². The van der Waals surface area contributed by atoms with Gasteiger partial charge in [-0.25, -0.2) is 13.5 Å². The van der Waals surface area contributed by atoms with Crippen molar-refractivity contribution in [2.24, 2.45) is 0 Å². The van der Waals surface area contributed by atoms with Gasteiger partial charge in [-0.1, -0.05) is 19.1 Å². The second kappa shape index (κ2) is 9.48. The lowest BCUT2D eigenvalue weighted by molar-refractivity contribution is 0.0934. The van der Waals surface area contributed by atoms with Gasteiger partial charge in [0, 0.05) is 43.6 Å². The maximum atomic E-state index is 14.1. The first-order chi connectivity index (χ1) is 15.5. The van der Waals surface area contributed by atoms with Crippen LogP contribution in [-0.4, -0.2) is 53.3 Å². The largest absolute Gasteiger partial charge is 0.369 e. The van der Waals surface area contributed by atoms with Crippen molar-refractivity contribution in [3.05, 3.63) is 77.6 Å². The molecule has 32 heavy (non-hydrogen) atoms. The number of piperazine rings is 1. The van der Waals surface area contributed by atoms with Crippen LogP contribution in [-0.2, 0) is 0 Å². The van der Waals surface area contributed by atoms with E-state index in [2.05, 4.69) is 27.1 Å². The summed E-state index contributed by atoms with van der Waals surface area (Å²) in [5.74, 6) is -1.18. The van der Waals surface area contributed by atoms with Crippen molar-refractivity contribution in [1.29, 1.82) is 0 Å². The van der Waals surface area contributed by atoms with Gasteiger partial charge in [-0.15, -0.1) is 0 Å². The standard InChI is InChI=1S/C24H27F2N5O/c1-3-29-12-14-30(15-13-29)22-9-8-18(25)16-19(22)17(2)27-24(32)21-10-11-31(28-21)23-7-5-4-6-20(23)26/h4-11,16-17H,3,12-15H2,1-2H3,(H,27,32). The number of carbonyl (C=O) groups is 1. The Hall–Kier alpha value is -3.26. The third-order valence-electron chi connectivity index (χ3n) is 5.88. The SMILES string of the molecule is CCN1CCN(c2ccc(F)cc2C(C)NC(=O)c2ccn(-c3ccccc3F)n2)CC1. The molecule has 0 saturated carbocycles. The predicted octanol–water partition coefficient (Wildman–Crippen LogP) is 3.78. The summed E-state index contributed by atoms with van der Waals surface area (Å²) in [5.41, 5.74) is 2.07. The maximum absolute atomic E-state index is 14.1. The Morgan fingerprint density at radius 2 is 1.81 bits per heavy atom. The predicted molar refractivity (Wildman–Crippen MR) is 120 cm³/mol. The minimum Gasteiger partial charge on any atom is -0.369 e. The number of amides is 1. The van der Waals surface area contributed by atoms with E-state index in [1.165, 1.54) is 28.9 Å². The third kappa shape index (κ3) is 4.65. The van der Waals surface area contributed by atoms with Crippen LogP contribution in [0.5, 0.6) is 0 Å². The van der Waals surface area contributed by atoms with Gasteiger partial charge in [0.05, 0.1) is 6.04 Å². The fourth-order valence-electron chi connectivity index (χ4n) is 4.03. The zero-order valence-corrected chi connectivity index (χ0v) is 18.3. The number of aromatic nitrogens is 2. The molecule has 1 saturated heterocycles. The first-order valence-corrected chi connectivity index (χ1v) is 10.8. The van der Waals surface area contributed by atoms with Crippen LogP contribution in [0.2, 0.25) is 0 Å². The first-order valence-electron chi connectivity index (χ1n) is 10.8. The minimum atomic E-state index is -0.434. The van der Waals surface area contributed by atoms with E-state index in [-0.39, 0.29) is 17.2 Å². The number of hydrogen-bond donors (Lipinski definition) is 1. The molecule has 0 bridgehead atoms. The highest BCUT2D eigenvalue weighted by Crippen LogP contribution is 2.28. The van der Waals surface area contributed by atoms with E-state index in [0.717, 1.165) is 44.0 Å². The second-order valence-corrected chi connectivity index (χ2v) is 7.92. The summed E-state index contributed by atoms with van der Waals surface area (Å²) in [6.45, 7) is 8.57. The van der Waals surface area contributed by atoms with Gasteiger partial charge in [0.2, 0.25) is 0 Å². The van der Waals surface area contributed by atoms with Crippen LogP contribution < -0.4 is 10.2 Å². The molecule has 1 atom stereocenters. The van der Waals surface area contributed by atoms with Crippen molar-refractivity contribution in [2.45, 2.75) is 19.9 Å². The third-order valence-corrected chi connectivity index (χ3v) is 5.88. The molecule has 1 fully saturated rings. The molecule has 0 aliphatic carbocycles. The van der Waals surface area contributed by atoms with E-state index in [9.17, 15) is 13.6 Å². The number of para-hydroxylation sites is 1. The van der Waals surface area contributed by atoms with E-state index in [1.54, 1.807) is 30.5 Å². The van der Waals surface area contributed by atoms with Crippen LogP contribution in [0, 0.1) is 11.6 Å². The molecule has 168 valence electrons. The van der Waals surface area contributed by atoms with Crippen LogP contribution in [0.3, 0.4) is 0 Å². The molecule has 8 heteroatoms. The van der Waals surface area contributed by atoms with Crippen LogP contribution >= 0.6 is 0 Å². The highest BCUT2D eigenvalue weighted by molar-refractivity contribution is 5.92. The van der Waals surface area contributed by atoms with Gasteiger partial charge < -0.3 is 15.1 Å². The van der Waals surface area contributed by atoms with Gasteiger partial charge in [-0.05, 0) is 49.9 Å². The molecule has 1 aliphatic rings. The molecular formula is C24H27F2N5O. The summed E-state index contributed by atoms with van der Waals surface area (Å²) in [4.78, 5) is 17.4. The van der Waals surface area contributed by atoms with Gasteiger partial charge >= 0.3 is 0 Å². The van der Waals surface area contributed by atoms with Gasteiger partial charge in [0.1, 0.15) is 17.3 Å². The van der Waals surface area contributed by atoms with E-state index < -0.39 is 17.8 Å². The molecule has 6 nitrogen and oxygen atoms in total. The number of benzene rings is 2. The average molecular weight is 440 g/mol. The Balaban J connectivity index is 1.51. The number of anilines is 1. The fourth-order valence-corrected chi connectivity index (χ4v) is 4.03. The topological polar surface area (TPSA) is 53.4 Å². The van der Waals surface area contributed by atoms with Crippen molar-refractivity contribution < 1.29 is 13.6 Å². The van der Waals surface area contributed by atoms with Gasteiger partial charge in [0.25, 0.3) is 5.91 Å². The normalized spacial score (nSPS) is 15.6. The molecule has 1 aliphatic heterocycles. The molecule has 3 aromatic rings. The summed E-state index contributed by atoms with van der Waals surface area (Å²) in [6.07, 6.45) is 1.54. The molecule has 1 aromatic heterocycles. The number of halogens is 2. The van der Waals surface area contributed by atoms with Crippen LogP contribution in [0.25, 0.3) is 5.69 Å². The number of nitrogens with zero attached hydrogens (tertiary/aromatic N) is 4. The Bertz CT molecular complexity index is 1090. The Kier molecular flexibility index (Phi) is 6.50. The van der Waals surface area contributed by atoms with Crippen molar-refractivity contribution in [3.8, 4) is 5.69 Å². The lowest BCUT2D eigenvalue weighted by atomic mass is 10.0. The summed E-state index contributed by atoms with van der Waals surface area (Å²) < 4.78 is 29.4. The Morgan fingerprint density at radius 1 is 1.06 bits per heavy atom. The van der Waals surface area contributed by atoms with Crippen molar-refractivity contribution in [3.63, 3.8) is 0 Å². The lowest BCUT2D eigenvalue weighted by Crippen LogP contribution is -2.46. The van der Waals surface area contributed by atoms with E-state index in [0.29, 0.717) is 0 Å². The Morgan fingerprint density at radius 3 is 2.53 bits per heavy atom. The molecule has 0 spiro atoms. The number of nitrogens with one attached hydrogen (secondary N) is 1. The number of carbonyl (C=O) groups excluding carboxylic acids is 1. The fraction of sp³-hybridized carbons (Fsp3) is 0.333. The molecule has 1 N–H and O–H groups in total. The quantitative estimate of drug-likeness (QED) is 0.635. The summed E-state index contributed by atoms with van der Waals surface area (Å²) >= 11 is 0. The maximum Gasteiger partial charge on any atom is 0.272 e. The number of likely N-dealkylation sites (N-methyl/N-ethyl adjacent to an activating group) is 1. The molecule has 2 aromatic carbocycles. The summed E-state index contributed by atoms with van der Waals surface area (Å²) in [7, 11) is 0. The van der Waals surface area contributed by atoms with Crippen LogP contribution in [0.15, 0.2) is 54.7 Å². The smallest absolute Gasteiger partial charge is 0.272 e. The molecule has 1 amide bonds. The van der Waals surface area contributed by atoms with E-state index >= 15 is 0 Å². The van der Waals surface area contributed by atoms with Crippen molar-refractivity contribution in [1.82, 2.24) is 20.0 Å².